The van der Waals surface area contributed by atoms with Crippen molar-refractivity contribution in [1.29, 1.82) is 0 Å². The third kappa shape index (κ3) is 2.01. The van der Waals surface area contributed by atoms with Gasteiger partial charge in [-0.1, -0.05) is 33.1 Å². The Bertz CT molecular complexity index is 140. The zero-order valence-corrected chi connectivity index (χ0v) is 8.64. The van der Waals surface area contributed by atoms with Crippen LogP contribution in [0.3, 0.4) is 0 Å². The van der Waals surface area contributed by atoms with Crippen molar-refractivity contribution in [1.82, 2.24) is 0 Å². The first-order valence-electron chi connectivity index (χ1n) is 5.30. The van der Waals surface area contributed by atoms with E-state index in [0.29, 0.717) is 11.8 Å². The smallest absolute Gasteiger partial charge is 0.0650 e. The van der Waals surface area contributed by atoms with Gasteiger partial charge >= 0.3 is 0 Å². The minimum Gasteiger partial charge on any atom is -0.390 e. The van der Waals surface area contributed by atoms with E-state index in [9.17, 15) is 5.11 Å². The van der Waals surface area contributed by atoms with Gasteiger partial charge in [-0.05, 0) is 31.6 Å². The third-order valence-corrected chi connectivity index (χ3v) is 3.58. The average molecular weight is 170 g/mol. The molecule has 1 nitrogen and oxygen atoms in total. The Morgan fingerprint density at radius 3 is 2.67 bits per heavy atom. The van der Waals surface area contributed by atoms with Gasteiger partial charge in [-0.15, -0.1) is 0 Å². The highest BCUT2D eigenvalue weighted by atomic mass is 16.3. The largest absolute Gasteiger partial charge is 0.390 e. The highest BCUT2D eigenvalue weighted by Crippen LogP contribution is 2.38. The van der Waals surface area contributed by atoms with Crippen LogP contribution in [0.25, 0.3) is 0 Å². The Balaban J connectivity index is 2.59. The molecule has 3 atom stereocenters. The van der Waals surface area contributed by atoms with E-state index in [0.717, 1.165) is 6.42 Å². The van der Waals surface area contributed by atoms with E-state index in [1.807, 2.05) is 6.92 Å². The van der Waals surface area contributed by atoms with Crippen LogP contribution in [0.15, 0.2) is 0 Å². The van der Waals surface area contributed by atoms with E-state index in [4.69, 9.17) is 0 Å². The summed E-state index contributed by atoms with van der Waals surface area (Å²) < 4.78 is 0. The van der Waals surface area contributed by atoms with Crippen molar-refractivity contribution >= 4 is 0 Å². The predicted octanol–water partition coefficient (Wildman–Crippen LogP) is 2.97. The molecule has 72 valence electrons. The van der Waals surface area contributed by atoms with Gasteiger partial charge in [0.15, 0.2) is 0 Å². The van der Waals surface area contributed by atoms with E-state index in [2.05, 4.69) is 13.8 Å². The van der Waals surface area contributed by atoms with Crippen LogP contribution >= 0.6 is 0 Å². The van der Waals surface area contributed by atoms with Gasteiger partial charge in [-0.2, -0.15) is 0 Å². The van der Waals surface area contributed by atoms with Crippen molar-refractivity contribution in [3.63, 3.8) is 0 Å². The van der Waals surface area contributed by atoms with Gasteiger partial charge in [0.05, 0.1) is 5.60 Å². The molecule has 0 spiro atoms. The second kappa shape index (κ2) is 3.78. The molecule has 1 rings (SSSR count). The molecule has 0 saturated heterocycles. The maximum absolute atomic E-state index is 10.1. The molecule has 1 fully saturated rings. The number of rotatable bonds is 2. The molecular formula is C11H22O. The monoisotopic (exact) mass is 170 g/mol. The highest BCUT2D eigenvalue weighted by molar-refractivity contribution is 4.88. The summed E-state index contributed by atoms with van der Waals surface area (Å²) in [7, 11) is 0. The number of hydrogen-bond acceptors (Lipinski definition) is 1. The van der Waals surface area contributed by atoms with Gasteiger partial charge in [0.2, 0.25) is 0 Å². The molecule has 0 aromatic heterocycles. The fraction of sp³-hybridized carbons (Fsp3) is 1.00. The van der Waals surface area contributed by atoms with Crippen molar-refractivity contribution in [3.8, 4) is 0 Å². The van der Waals surface area contributed by atoms with Gasteiger partial charge in [0.1, 0.15) is 0 Å². The standard InChI is InChI=1S/C11H22O/c1-4-9(2)10-7-5-6-8-11(10,3)12/h9-10,12H,4-8H2,1-3H3. The summed E-state index contributed by atoms with van der Waals surface area (Å²) in [4.78, 5) is 0. The Morgan fingerprint density at radius 1 is 1.50 bits per heavy atom. The molecule has 0 amide bonds. The van der Waals surface area contributed by atoms with Crippen molar-refractivity contribution in [2.45, 2.75) is 58.5 Å². The molecular weight excluding hydrogens is 148 g/mol. The zero-order valence-electron chi connectivity index (χ0n) is 8.64. The van der Waals surface area contributed by atoms with Crippen LogP contribution in [0.4, 0.5) is 0 Å². The highest BCUT2D eigenvalue weighted by Gasteiger charge is 2.36. The molecule has 1 saturated carbocycles. The Hall–Kier alpha value is -0.0400. The van der Waals surface area contributed by atoms with Crippen LogP contribution in [0.2, 0.25) is 0 Å². The molecule has 0 aromatic carbocycles. The predicted molar refractivity (Wildman–Crippen MR) is 52.0 cm³/mol. The Kier molecular flexibility index (Phi) is 3.16. The van der Waals surface area contributed by atoms with Gasteiger partial charge < -0.3 is 5.11 Å². The molecule has 0 bridgehead atoms. The topological polar surface area (TPSA) is 20.2 Å². The molecule has 1 aliphatic carbocycles. The lowest BCUT2D eigenvalue weighted by molar-refractivity contribution is -0.0536. The molecule has 0 aliphatic heterocycles. The van der Waals surface area contributed by atoms with Gasteiger partial charge in [-0.25, -0.2) is 0 Å². The molecule has 0 heterocycles. The summed E-state index contributed by atoms with van der Waals surface area (Å²) in [6, 6.07) is 0. The van der Waals surface area contributed by atoms with E-state index in [-0.39, 0.29) is 5.60 Å². The van der Waals surface area contributed by atoms with Crippen molar-refractivity contribution < 1.29 is 5.11 Å². The van der Waals surface area contributed by atoms with Crippen LogP contribution in [-0.4, -0.2) is 10.7 Å². The SMILES string of the molecule is CCC(C)C1CCCCC1(C)O. The summed E-state index contributed by atoms with van der Waals surface area (Å²) in [6.45, 7) is 6.50. The molecule has 0 aromatic rings. The van der Waals surface area contributed by atoms with Crippen LogP contribution in [0.5, 0.6) is 0 Å². The lowest BCUT2D eigenvalue weighted by Crippen LogP contribution is -2.40. The summed E-state index contributed by atoms with van der Waals surface area (Å²) in [5.74, 6) is 1.22. The molecule has 12 heavy (non-hydrogen) atoms. The van der Waals surface area contributed by atoms with Gasteiger partial charge in [-0.3, -0.25) is 0 Å². The minimum atomic E-state index is -0.381. The van der Waals surface area contributed by atoms with Crippen molar-refractivity contribution in [2.24, 2.45) is 11.8 Å². The summed E-state index contributed by atoms with van der Waals surface area (Å²) in [5.41, 5.74) is -0.381. The fourth-order valence-electron chi connectivity index (χ4n) is 2.53. The number of aliphatic hydroxyl groups is 1. The molecule has 1 aliphatic rings. The average Bonchev–Trinajstić information content (AvgIpc) is 2.02. The Morgan fingerprint density at radius 2 is 2.17 bits per heavy atom. The second-order valence-electron chi connectivity index (χ2n) is 4.59. The lowest BCUT2D eigenvalue weighted by atomic mass is 9.70. The maximum Gasteiger partial charge on any atom is 0.0650 e. The van der Waals surface area contributed by atoms with Gasteiger partial charge in [0.25, 0.3) is 0 Å². The minimum absolute atomic E-state index is 0.381. The molecule has 1 N–H and O–H groups in total. The summed E-state index contributed by atoms with van der Waals surface area (Å²) in [5, 5.41) is 10.1. The fourth-order valence-corrected chi connectivity index (χ4v) is 2.53. The summed E-state index contributed by atoms with van der Waals surface area (Å²) >= 11 is 0. The molecule has 0 radical (unpaired) electrons. The second-order valence-corrected chi connectivity index (χ2v) is 4.59. The summed E-state index contributed by atoms with van der Waals surface area (Å²) in [6.07, 6.45) is 5.94. The third-order valence-electron chi connectivity index (χ3n) is 3.58. The van der Waals surface area contributed by atoms with Gasteiger partial charge in [0, 0.05) is 0 Å². The van der Waals surface area contributed by atoms with E-state index >= 15 is 0 Å². The van der Waals surface area contributed by atoms with Crippen LogP contribution in [0, 0.1) is 11.8 Å². The van der Waals surface area contributed by atoms with Crippen LogP contribution < -0.4 is 0 Å². The first-order chi connectivity index (χ1) is 5.58. The van der Waals surface area contributed by atoms with E-state index in [1.165, 1.54) is 25.7 Å². The van der Waals surface area contributed by atoms with Crippen molar-refractivity contribution in [2.75, 3.05) is 0 Å². The first kappa shape index (κ1) is 10.0. The molecule has 1 heteroatoms. The van der Waals surface area contributed by atoms with Crippen LogP contribution in [-0.2, 0) is 0 Å². The molecule has 3 unspecified atom stereocenters. The normalized spacial score (nSPS) is 39.5. The van der Waals surface area contributed by atoms with Crippen molar-refractivity contribution in [3.05, 3.63) is 0 Å². The van der Waals surface area contributed by atoms with Crippen LogP contribution in [0.1, 0.15) is 52.9 Å². The quantitative estimate of drug-likeness (QED) is 0.675. The van der Waals surface area contributed by atoms with E-state index < -0.39 is 0 Å². The zero-order chi connectivity index (χ0) is 9.19. The number of hydrogen-bond donors (Lipinski definition) is 1. The Labute approximate surface area is 76.2 Å². The van der Waals surface area contributed by atoms with E-state index in [1.54, 1.807) is 0 Å². The lowest BCUT2D eigenvalue weighted by Gasteiger charge is -2.40. The maximum atomic E-state index is 10.1. The first-order valence-corrected chi connectivity index (χ1v) is 5.30.